The first-order chi connectivity index (χ1) is 23.5. The molecule has 2 aliphatic heterocycles. The predicted octanol–water partition coefficient (Wildman–Crippen LogP) is 8.41. The van der Waals surface area contributed by atoms with E-state index in [9.17, 15) is 0 Å². The van der Waals surface area contributed by atoms with Crippen LogP contribution in [0.5, 0.6) is 23.0 Å². The number of fused-ring (bicyclic) bond motifs is 4. The topological polar surface area (TPSA) is 44.2 Å². The van der Waals surface area contributed by atoms with Crippen LogP contribution in [0.1, 0.15) is 16.7 Å². The number of hydrogen-bond donors (Lipinski definition) is 0. The van der Waals surface area contributed by atoms with Gasteiger partial charge in [0, 0.05) is 44.0 Å². The number of hydrogen-bond acceptors (Lipinski definition) is 4. The van der Waals surface area contributed by atoms with Gasteiger partial charge in [-0.3, -0.25) is 0 Å². The minimum atomic E-state index is 0. The molecule has 0 amide bonds. The Balaban J connectivity index is 0.000000228. The second-order valence-electron chi connectivity index (χ2n) is 12.2. The third-order valence-electron chi connectivity index (χ3n) is 8.95. The first-order valence-corrected chi connectivity index (χ1v) is 16.1. The van der Waals surface area contributed by atoms with Gasteiger partial charge in [0.2, 0.25) is 6.71 Å². The van der Waals surface area contributed by atoms with Crippen molar-refractivity contribution in [3.05, 3.63) is 163 Å². The molecule has 0 atom stereocenters. The minimum absolute atomic E-state index is 0. The molecule has 0 fully saturated rings. The minimum Gasteiger partial charge on any atom is -0.503 e. The molecule has 0 bridgehead atoms. The molecule has 4 heterocycles. The van der Waals surface area contributed by atoms with Gasteiger partial charge in [-0.05, 0) is 89.1 Å². The summed E-state index contributed by atoms with van der Waals surface area (Å²) in [4.78, 5) is 9.07. The number of para-hydroxylation sites is 2. The molecule has 6 heteroatoms. The fourth-order valence-electron chi connectivity index (χ4n) is 6.68. The Morgan fingerprint density at radius 1 is 0.633 bits per heavy atom. The summed E-state index contributed by atoms with van der Waals surface area (Å²) in [5.74, 6) is 3.29. The summed E-state index contributed by atoms with van der Waals surface area (Å²) in [6.07, 6.45) is 3.74. The number of nitrogens with zero attached hydrogens (tertiary/aromatic N) is 2. The predicted molar refractivity (Wildman–Crippen MR) is 194 cm³/mol. The Morgan fingerprint density at radius 3 is 2.04 bits per heavy atom. The van der Waals surface area contributed by atoms with Crippen LogP contribution >= 0.6 is 0 Å². The fourth-order valence-corrected chi connectivity index (χ4v) is 6.68. The second kappa shape index (κ2) is 13.7. The van der Waals surface area contributed by atoms with Crippen LogP contribution in [-0.4, -0.2) is 16.7 Å². The van der Waals surface area contributed by atoms with Gasteiger partial charge in [-0.15, -0.1) is 48.0 Å². The SMILES string of the molecule is Cc1ccc(-c2[c-]cccc2)nc1.Cc1cccc(C)c1-c1ccnc(-c2[c-]cc3c4c2Oc2ccccc2B4c2ccccc2O3)c1.[Ir]. The zero-order valence-electron chi connectivity index (χ0n) is 27.3. The molecular weight excluding hydrogens is 780 g/mol. The molecule has 0 unspecified atom stereocenters. The van der Waals surface area contributed by atoms with Crippen molar-refractivity contribution in [2.45, 2.75) is 20.8 Å². The number of aromatic nitrogens is 2. The van der Waals surface area contributed by atoms with E-state index >= 15 is 0 Å². The largest absolute Gasteiger partial charge is 0.503 e. The van der Waals surface area contributed by atoms with Gasteiger partial charge in [0.05, 0.1) is 0 Å². The molecule has 239 valence electrons. The monoisotopic (exact) mass is 811 g/mol. The Labute approximate surface area is 301 Å². The molecule has 9 rings (SSSR count). The maximum atomic E-state index is 6.57. The third kappa shape index (κ3) is 6.10. The standard InChI is InChI=1S/C31H21BNO2.C12H10N.Ir/c1-19-8-7-9-20(2)29(19)21-16-17-33-25(18-21)22-14-15-28-30-31(22)35-27-13-6-4-11-24(27)32(30)23-10-3-5-12-26(23)34-28;1-10-7-8-12(13-9-10)11-5-3-2-4-6-11;/h3-13,15-18H,1-2H3;2-5,7-9H,1H3;/q2*-1;. The molecule has 0 N–H and O–H groups in total. The van der Waals surface area contributed by atoms with Gasteiger partial charge < -0.3 is 19.4 Å². The Hall–Kier alpha value is -5.29. The van der Waals surface area contributed by atoms with Gasteiger partial charge in [-0.25, -0.2) is 0 Å². The molecule has 5 aromatic carbocycles. The van der Waals surface area contributed by atoms with Crippen LogP contribution in [-0.2, 0) is 20.1 Å². The van der Waals surface area contributed by atoms with E-state index in [1.54, 1.807) is 0 Å². The molecule has 1 radical (unpaired) electrons. The van der Waals surface area contributed by atoms with Crippen LogP contribution in [0, 0.1) is 32.9 Å². The van der Waals surface area contributed by atoms with Gasteiger partial charge in [0.1, 0.15) is 11.5 Å². The summed E-state index contributed by atoms with van der Waals surface area (Å²) < 4.78 is 12.9. The molecular formula is C43H31BIrN2O2-2. The number of pyridine rings is 2. The summed E-state index contributed by atoms with van der Waals surface area (Å²) in [5, 5.41) is 0. The van der Waals surface area contributed by atoms with E-state index in [-0.39, 0.29) is 26.8 Å². The van der Waals surface area contributed by atoms with E-state index < -0.39 is 0 Å². The summed E-state index contributed by atoms with van der Waals surface area (Å²) in [6, 6.07) is 47.6. The van der Waals surface area contributed by atoms with Gasteiger partial charge in [0.15, 0.2) is 0 Å². The fraction of sp³-hybridized carbons (Fsp3) is 0.0698. The third-order valence-corrected chi connectivity index (χ3v) is 8.95. The number of benzene rings is 5. The van der Waals surface area contributed by atoms with Gasteiger partial charge >= 0.3 is 0 Å². The summed E-state index contributed by atoms with van der Waals surface area (Å²) >= 11 is 0. The van der Waals surface area contributed by atoms with E-state index in [1.165, 1.54) is 22.3 Å². The maximum Gasteiger partial charge on any atom is 0.239 e. The zero-order chi connectivity index (χ0) is 32.6. The van der Waals surface area contributed by atoms with Crippen molar-refractivity contribution in [1.82, 2.24) is 9.97 Å². The molecule has 2 aliphatic rings. The van der Waals surface area contributed by atoms with E-state index in [1.807, 2.05) is 80.0 Å². The first-order valence-electron chi connectivity index (χ1n) is 16.1. The molecule has 0 spiro atoms. The average molecular weight is 811 g/mol. The number of aryl methyl sites for hydroxylation is 3. The quantitative estimate of drug-likeness (QED) is 0.133. The summed E-state index contributed by atoms with van der Waals surface area (Å²) in [5.41, 5.74) is 13.1. The summed E-state index contributed by atoms with van der Waals surface area (Å²) in [6.45, 7) is 6.36. The van der Waals surface area contributed by atoms with Crippen LogP contribution in [0.4, 0.5) is 0 Å². The van der Waals surface area contributed by atoms with E-state index in [4.69, 9.17) is 14.5 Å². The molecule has 0 saturated heterocycles. The van der Waals surface area contributed by atoms with Crippen molar-refractivity contribution in [2.24, 2.45) is 0 Å². The van der Waals surface area contributed by atoms with Gasteiger partial charge in [-0.2, -0.15) is 0 Å². The van der Waals surface area contributed by atoms with Gasteiger partial charge in [-0.1, -0.05) is 83.8 Å². The van der Waals surface area contributed by atoms with Crippen molar-refractivity contribution in [3.63, 3.8) is 0 Å². The van der Waals surface area contributed by atoms with Crippen LogP contribution in [0.2, 0.25) is 0 Å². The zero-order valence-corrected chi connectivity index (χ0v) is 29.7. The molecule has 2 aromatic heterocycles. The van der Waals surface area contributed by atoms with E-state index in [2.05, 4.69) is 91.6 Å². The van der Waals surface area contributed by atoms with Crippen LogP contribution in [0.15, 0.2) is 134 Å². The normalized spacial score (nSPS) is 11.7. The van der Waals surface area contributed by atoms with Crippen LogP contribution in [0.25, 0.3) is 33.6 Å². The van der Waals surface area contributed by atoms with Crippen molar-refractivity contribution in [1.29, 1.82) is 0 Å². The van der Waals surface area contributed by atoms with Crippen molar-refractivity contribution < 1.29 is 29.6 Å². The number of ether oxygens (including phenoxy) is 2. The molecule has 0 saturated carbocycles. The first kappa shape index (κ1) is 32.3. The van der Waals surface area contributed by atoms with Crippen molar-refractivity contribution in [3.8, 4) is 56.6 Å². The Morgan fingerprint density at radius 2 is 1.35 bits per heavy atom. The molecule has 7 aromatic rings. The Bertz CT molecular complexity index is 2260. The second-order valence-corrected chi connectivity index (χ2v) is 12.2. The maximum absolute atomic E-state index is 6.57. The van der Waals surface area contributed by atoms with Gasteiger partial charge in [0.25, 0.3) is 0 Å². The van der Waals surface area contributed by atoms with Crippen LogP contribution < -0.4 is 25.9 Å². The number of rotatable bonds is 3. The average Bonchev–Trinajstić information content (AvgIpc) is 3.12. The van der Waals surface area contributed by atoms with Crippen molar-refractivity contribution >= 4 is 23.1 Å². The van der Waals surface area contributed by atoms with E-state index in [0.717, 1.165) is 67.5 Å². The molecule has 49 heavy (non-hydrogen) atoms. The van der Waals surface area contributed by atoms with E-state index in [0.29, 0.717) is 0 Å². The smallest absolute Gasteiger partial charge is 0.239 e. The molecule has 4 nitrogen and oxygen atoms in total. The summed E-state index contributed by atoms with van der Waals surface area (Å²) in [7, 11) is 0. The molecule has 0 aliphatic carbocycles. The van der Waals surface area contributed by atoms with Crippen LogP contribution in [0.3, 0.4) is 0 Å². The van der Waals surface area contributed by atoms with Crippen molar-refractivity contribution in [2.75, 3.05) is 0 Å². The Kier molecular flexibility index (Phi) is 9.01.